The highest BCUT2D eigenvalue weighted by Crippen LogP contribution is 2.28. The molecule has 2 aromatic heterocycles. The van der Waals surface area contributed by atoms with Gasteiger partial charge in [0, 0.05) is 37.2 Å². The van der Waals surface area contributed by atoms with Gasteiger partial charge < -0.3 is 5.73 Å². The van der Waals surface area contributed by atoms with Crippen LogP contribution in [0, 0.1) is 18.6 Å². The molecular weight excluding hydrogens is 336 g/mol. The lowest BCUT2D eigenvalue weighted by Gasteiger charge is -2.32. The minimum absolute atomic E-state index is 0.240. The van der Waals surface area contributed by atoms with E-state index in [9.17, 15) is 8.78 Å². The summed E-state index contributed by atoms with van der Waals surface area (Å²) in [5.41, 5.74) is 9.36. The molecule has 1 saturated heterocycles. The number of halogens is 2. The molecule has 0 amide bonds. The number of anilines is 1. The lowest BCUT2D eigenvalue weighted by atomic mass is 9.94. The SMILES string of the molecule is Cc1cc2nc([C@@H]3CCCN(Cc4cc(F)cc(F)c4)C3)cc(N)n2n1. The highest BCUT2D eigenvalue weighted by atomic mass is 19.1. The number of benzene rings is 1. The Kier molecular flexibility index (Phi) is 4.32. The fraction of sp³-hybridized carbons (Fsp3) is 0.368. The number of fused-ring (bicyclic) bond motifs is 1. The van der Waals surface area contributed by atoms with Crippen molar-refractivity contribution in [2.24, 2.45) is 0 Å². The topological polar surface area (TPSA) is 59.5 Å². The number of aromatic nitrogens is 3. The van der Waals surface area contributed by atoms with Gasteiger partial charge in [0.05, 0.1) is 11.4 Å². The van der Waals surface area contributed by atoms with Crippen LogP contribution < -0.4 is 5.73 Å². The Labute approximate surface area is 150 Å². The molecule has 2 N–H and O–H groups in total. The molecule has 0 bridgehead atoms. The van der Waals surface area contributed by atoms with Crippen LogP contribution in [-0.2, 0) is 6.54 Å². The number of nitrogens with zero attached hydrogens (tertiary/aromatic N) is 4. The van der Waals surface area contributed by atoms with Crippen molar-refractivity contribution >= 4 is 11.5 Å². The van der Waals surface area contributed by atoms with Crippen molar-refractivity contribution in [3.63, 3.8) is 0 Å². The molecule has 0 aliphatic carbocycles. The summed E-state index contributed by atoms with van der Waals surface area (Å²) in [6.45, 7) is 4.12. The number of aryl methyl sites for hydroxylation is 1. The Hall–Kier alpha value is -2.54. The van der Waals surface area contributed by atoms with Crippen LogP contribution >= 0.6 is 0 Å². The quantitative estimate of drug-likeness (QED) is 0.782. The lowest BCUT2D eigenvalue weighted by molar-refractivity contribution is 0.198. The van der Waals surface area contributed by atoms with Gasteiger partial charge >= 0.3 is 0 Å². The molecule has 1 aromatic carbocycles. The molecule has 0 saturated carbocycles. The highest BCUT2D eigenvalue weighted by Gasteiger charge is 2.24. The predicted molar refractivity (Wildman–Crippen MR) is 95.7 cm³/mol. The van der Waals surface area contributed by atoms with Crippen LogP contribution in [0.2, 0.25) is 0 Å². The largest absolute Gasteiger partial charge is 0.384 e. The van der Waals surface area contributed by atoms with Gasteiger partial charge in [-0.2, -0.15) is 9.61 Å². The van der Waals surface area contributed by atoms with Crippen LogP contribution in [0.4, 0.5) is 14.6 Å². The van der Waals surface area contributed by atoms with Crippen molar-refractivity contribution in [2.45, 2.75) is 32.2 Å². The van der Waals surface area contributed by atoms with Crippen molar-refractivity contribution in [2.75, 3.05) is 18.8 Å². The summed E-state index contributed by atoms with van der Waals surface area (Å²) in [6, 6.07) is 7.48. The number of rotatable bonds is 3. The third-order valence-electron chi connectivity index (χ3n) is 4.85. The summed E-state index contributed by atoms with van der Waals surface area (Å²) in [5.74, 6) is -0.263. The monoisotopic (exact) mass is 357 g/mol. The predicted octanol–water partition coefficient (Wildman–Crippen LogP) is 3.28. The number of likely N-dealkylation sites (tertiary alicyclic amines) is 1. The molecular formula is C19H21F2N5. The van der Waals surface area contributed by atoms with E-state index in [0.29, 0.717) is 17.9 Å². The Balaban J connectivity index is 1.55. The van der Waals surface area contributed by atoms with Gasteiger partial charge in [0.1, 0.15) is 17.5 Å². The number of hydrogen-bond acceptors (Lipinski definition) is 4. The fourth-order valence-electron chi connectivity index (χ4n) is 3.74. The molecule has 1 aliphatic heterocycles. The Morgan fingerprint density at radius 2 is 1.92 bits per heavy atom. The summed E-state index contributed by atoms with van der Waals surface area (Å²) in [5, 5.41) is 4.33. The second-order valence-electron chi connectivity index (χ2n) is 7.01. The minimum Gasteiger partial charge on any atom is -0.384 e. The van der Waals surface area contributed by atoms with E-state index in [-0.39, 0.29) is 5.92 Å². The third kappa shape index (κ3) is 3.39. The number of nitrogen functional groups attached to an aromatic ring is 1. The zero-order chi connectivity index (χ0) is 18.3. The molecule has 0 unspecified atom stereocenters. The second kappa shape index (κ2) is 6.64. The lowest BCUT2D eigenvalue weighted by Crippen LogP contribution is -2.34. The third-order valence-corrected chi connectivity index (χ3v) is 4.85. The number of piperidine rings is 1. The first-order chi connectivity index (χ1) is 12.5. The molecule has 3 aromatic rings. The van der Waals surface area contributed by atoms with Crippen LogP contribution in [-0.4, -0.2) is 32.6 Å². The minimum atomic E-state index is -0.537. The van der Waals surface area contributed by atoms with Gasteiger partial charge in [0.25, 0.3) is 0 Å². The summed E-state index contributed by atoms with van der Waals surface area (Å²) in [4.78, 5) is 6.94. The van der Waals surface area contributed by atoms with E-state index >= 15 is 0 Å². The second-order valence-corrected chi connectivity index (χ2v) is 7.01. The van der Waals surface area contributed by atoms with Crippen LogP contribution in [0.3, 0.4) is 0 Å². The molecule has 1 atom stereocenters. The molecule has 0 radical (unpaired) electrons. The molecule has 3 heterocycles. The maximum absolute atomic E-state index is 13.4. The van der Waals surface area contributed by atoms with Gasteiger partial charge in [0.2, 0.25) is 0 Å². The zero-order valence-corrected chi connectivity index (χ0v) is 14.6. The average Bonchev–Trinajstić information content (AvgIpc) is 2.95. The molecule has 0 spiro atoms. The van der Waals surface area contributed by atoms with E-state index in [1.54, 1.807) is 4.52 Å². The van der Waals surface area contributed by atoms with E-state index < -0.39 is 11.6 Å². The first-order valence-electron chi connectivity index (χ1n) is 8.78. The van der Waals surface area contributed by atoms with Gasteiger partial charge in [-0.25, -0.2) is 13.8 Å². The van der Waals surface area contributed by atoms with Crippen LogP contribution in [0.25, 0.3) is 5.65 Å². The Morgan fingerprint density at radius 3 is 2.69 bits per heavy atom. The van der Waals surface area contributed by atoms with Crippen molar-refractivity contribution in [1.29, 1.82) is 0 Å². The number of nitrogens with two attached hydrogens (primary N) is 1. The van der Waals surface area contributed by atoms with Gasteiger partial charge in [-0.05, 0) is 44.0 Å². The number of hydrogen-bond donors (Lipinski definition) is 1. The van der Waals surface area contributed by atoms with Crippen molar-refractivity contribution in [1.82, 2.24) is 19.5 Å². The molecule has 26 heavy (non-hydrogen) atoms. The van der Waals surface area contributed by atoms with E-state index in [4.69, 9.17) is 10.7 Å². The first-order valence-corrected chi connectivity index (χ1v) is 8.78. The van der Waals surface area contributed by atoms with Crippen LogP contribution in [0.1, 0.15) is 35.7 Å². The maximum Gasteiger partial charge on any atom is 0.157 e. The molecule has 136 valence electrons. The average molecular weight is 357 g/mol. The highest BCUT2D eigenvalue weighted by molar-refractivity contribution is 5.48. The fourth-order valence-corrected chi connectivity index (χ4v) is 3.74. The molecule has 4 rings (SSSR count). The van der Waals surface area contributed by atoms with Gasteiger partial charge in [-0.1, -0.05) is 0 Å². The standard InChI is InChI=1S/C19H21F2N5/c1-12-5-19-23-17(9-18(22)26(19)24-12)14-3-2-4-25(11-14)10-13-6-15(20)8-16(21)7-13/h5-9,14H,2-4,10-11,22H2,1H3/t14-/m1/s1. The molecule has 1 aliphatic rings. The maximum atomic E-state index is 13.4. The smallest absolute Gasteiger partial charge is 0.157 e. The summed E-state index contributed by atoms with van der Waals surface area (Å²) < 4.78 is 28.5. The van der Waals surface area contributed by atoms with E-state index in [1.807, 2.05) is 19.1 Å². The molecule has 5 nitrogen and oxygen atoms in total. The van der Waals surface area contributed by atoms with E-state index in [0.717, 1.165) is 49.0 Å². The summed E-state index contributed by atoms with van der Waals surface area (Å²) >= 11 is 0. The first kappa shape index (κ1) is 16.9. The van der Waals surface area contributed by atoms with Gasteiger partial charge in [-0.3, -0.25) is 4.90 Å². The summed E-state index contributed by atoms with van der Waals surface area (Å²) in [6.07, 6.45) is 2.03. The zero-order valence-electron chi connectivity index (χ0n) is 14.6. The van der Waals surface area contributed by atoms with E-state index in [1.165, 1.54) is 12.1 Å². The Bertz CT molecular complexity index is 932. The van der Waals surface area contributed by atoms with Crippen molar-refractivity contribution in [3.8, 4) is 0 Å². The van der Waals surface area contributed by atoms with Crippen molar-refractivity contribution < 1.29 is 8.78 Å². The summed E-state index contributed by atoms with van der Waals surface area (Å²) in [7, 11) is 0. The van der Waals surface area contributed by atoms with Gasteiger partial charge in [-0.15, -0.1) is 0 Å². The molecule has 1 fully saturated rings. The Morgan fingerprint density at radius 1 is 1.15 bits per heavy atom. The van der Waals surface area contributed by atoms with Crippen molar-refractivity contribution in [3.05, 3.63) is 58.9 Å². The van der Waals surface area contributed by atoms with Gasteiger partial charge in [0.15, 0.2) is 5.65 Å². The van der Waals surface area contributed by atoms with Crippen LogP contribution in [0.15, 0.2) is 30.3 Å². The molecule has 7 heteroatoms. The normalized spacial score (nSPS) is 18.5. The van der Waals surface area contributed by atoms with Crippen LogP contribution in [0.5, 0.6) is 0 Å². The van der Waals surface area contributed by atoms with E-state index in [2.05, 4.69) is 10.00 Å².